The normalized spacial score (nSPS) is 25.4. The standard InChI is InChI=1S/C11H18N4O/c1-7-8(6-13-15-7)11(16)14-10-5-3-2-4-9(10)12/h6,9-10H,2-5,12H2,1H3,(H,13,15)(H,14,16)/t9-,10-/m1/s1. The van der Waals surface area contributed by atoms with Crippen molar-refractivity contribution in [1.29, 1.82) is 0 Å². The maximum Gasteiger partial charge on any atom is 0.255 e. The van der Waals surface area contributed by atoms with Crippen LogP contribution in [0.25, 0.3) is 0 Å². The summed E-state index contributed by atoms with van der Waals surface area (Å²) in [6, 6.07) is 0.195. The molecule has 1 aliphatic rings. The third-order valence-corrected chi connectivity index (χ3v) is 3.21. The topological polar surface area (TPSA) is 83.8 Å². The number of nitrogens with two attached hydrogens (primary N) is 1. The molecule has 1 heterocycles. The molecule has 1 amide bonds. The molecule has 0 saturated heterocycles. The Balaban J connectivity index is 1.99. The predicted octanol–water partition coefficient (Wildman–Crippen LogP) is 0.718. The molecule has 0 radical (unpaired) electrons. The molecule has 1 aromatic heterocycles. The van der Waals surface area contributed by atoms with Gasteiger partial charge in [-0.15, -0.1) is 0 Å². The molecule has 2 atom stereocenters. The smallest absolute Gasteiger partial charge is 0.255 e. The number of hydrogen-bond donors (Lipinski definition) is 3. The molecule has 0 aromatic carbocycles. The van der Waals surface area contributed by atoms with Gasteiger partial charge in [0.2, 0.25) is 0 Å². The van der Waals surface area contributed by atoms with Gasteiger partial charge in [0.1, 0.15) is 0 Å². The van der Waals surface area contributed by atoms with Gasteiger partial charge >= 0.3 is 0 Å². The number of nitrogens with zero attached hydrogens (tertiary/aromatic N) is 1. The van der Waals surface area contributed by atoms with Crippen LogP contribution in [0.15, 0.2) is 6.20 Å². The summed E-state index contributed by atoms with van der Waals surface area (Å²) in [6.45, 7) is 1.84. The maximum absolute atomic E-state index is 11.9. The quantitative estimate of drug-likeness (QED) is 0.689. The second kappa shape index (κ2) is 4.65. The van der Waals surface area contributed by atoms with E-state index in [1.807, 2.05) is 6.92 Å². The van der Waals surface area contributed by atoms with Gasteiger partial charge in [0.15, 0.2) is 0 Å². The average molecular weight is 222 g/mol. The Morgan fingerprint density at radius 1 is 1.56 bits per heavy atom. The number of aromatic amines is 1. The number of H-pyrrole nitrogens is 1. The highest BCUT2D eigenvalue weighted by molar-refractivity contribution is 5.95. The Labute approximate surface area is 94.8 Å². The fraction of sp³-hybridized carbons (Fsp3) is 0.636. The molecule has 2 rings (SSSR count). The molecule has 16 heavy (non-hydrogen) atoms. The molecule has 1 fully saturated rings. The summed E-state index contributed by atoms with van der Waals surface area (Å²) in [4.78, 5) is 11.9. The second-order valence-electron chi connectivity index (χ2n) is 4.44. The monoisotopic (exact) mass is 222 g/mol. The average Bonchev–Trinajstić information content (AvgIpc) is 2.68. The summed E-state index contributed by atoms with van der Waals surface area (Å²) < 4.78 is 0. The van der Waals surface area contributed by atoms with E-state index in [2.05, 4.69) is 15.5 Å². The Hall–Kier alpha value is -1.36. The van der Waals surface area contributed by atoms with E-state index < -0.39 is 0 Å². The molecule has 5 nitrogen and oxygen atoms in total. The highest BCUT2D eigenvalue weighted by atomic mass is 16.1. The van der Waals surface area contributed by atoms with Gasteiger partial charge in [-0.05, 0) is 19.8 Å². The molecule has 88 valence electrons. The summed E-state index contributed by atoms with van der Waals surface area (Å²) in [5, 5.41) is 9.58. The molecule has 4 N–H and O–H groups in total. The lowest BCUT2D eigenvalue weighted by molar-refractivity contribution is 0.0920. The maximum atomic E-state index is 11.9. The van der Waals surface area contributed by atoms with Gasteiger partial charge in [-0.25, -0.2) is 0 Å². The van der Waals surface area contributed by atoms with Crippen molar-refractivity contribution in [3.8, 4) is 0 Å². The first-order chi connectivity index (χ1) is 7.68. The van der Waals surface area contributed by atoms with Gasteiger partial charge in [-0.1, -0.05) is 12.8 Å². The second-order valence-corrected chi connectivity index (χ2v) is 4.44. The minimum atomic E-state index is -0.0754. The van der Waals surface area contributed by atoms with Crippen LogP contribution in [-0.2, 0) is 0 Å². The van der Waals surface area contributed by atoms with E-state index in [-0.39, 0.29) is 18.0 Å². The minimum Gasteiger partial charge on any atom is -0.348 e. The molecule has 0 bridgehead atoms. The number of amides is 1. The van der Waals surface area contributed by atoms with E-state index in [1.54, 1.807) is 6.20 Å². The van der Waals surface area contributed by atoms with Crippen LogP contribution in [0.3, 0.4) is 0 Å². The van der Waals surface area contributed by atoms with Crippen molar-refractivity contribution in [2.24, 2.45) is 5.73 Å². The fourth-order valence-electron chi connectivity index (χ4n) is 2.16. The highest BCUT2D eigenvalue weighted by Gasteiger charge is 2.24. The van der Waals surface area contributed by atoms with Gasteiger partial charge in [-0.2, -0.15) is 5.10 Å². The summed E-state index contributed by atoms with van der Waals surface area (Å²) in [5.74, 6) is -0.0754. The first-order valence-electron chi connectivity index (χ1n) is 5.75. The van der Waals surface area contributed by atoms with Crippen LogP contribution in [0, 0.1) is 6.92 Å². The number of carbonyl (C=O) groups is 1. The number of hydrogen-bond acceptors (Lipinski definition) is 3. The molecule has 0 spiro atoms. The molecule has 1 aromatic rings. The van der Waals surface area contributed by atoms with E-state index in [4.69, 9.17) is 5.73 Å². The zero-order valence-corrected chi connectivity index (χ0v) is 9.49. The van der Waals surface area contributed by atoms with E-state index >= 15 is 0 Å². The van der Waals surface area contributed by atoms with E-state index in [0.717, 1.165) is 31.4 Å². The summed E-state index contributed by atoms with van der Waals surface area (Å²) in [5.41, 5.74) is 7.38. The number of nitrogens with one attached hydrogen (secondary N) is 2. The van der Waals surface area contributed by atoms with Crippen LogP contribution in [0.2, 0.25) is 0 Å². The van der Waals surface area contributed by atoms with Crippen LogP contribution in [0.5, 0.6) is 0 Å². The van der Waals surface area contributed by atoms with Crippen LogP contribution < -0.4 is 11.1 Å². The van der Waals surface area contributed by atoms with Crippen LogP contribution in [0.4, 0.5) is 0 Å². The van der Waals surface area contributed by atoms with Gasteiger partial charge in [0, 0.05) is 17.8 Å². The van der Waals surface area contributed by atoms with Crippen molar-refractivity contribution in [1.82, 2.24) is 15.5 Å². The van der Waals surface area contributed by atoms with Crippen LogP contribution in [-0.4, -0.2) is 28.2 Å². The van der Waals surface area contributed by atoms with Gasteiger partial charge in [0.25, 0.3) is 5.91 Å². The number of aryl methyl sites for hydroxylation is 1. The van der Waals surface area contributed by atoms with E-state index in [1.165, 1.54) is 0 Å². The molecule has 0 unspecified atom stereocenters. The summed E-state index contributed by atoms with van der Waals surface area (Å²) in [7, 11) is 0. The van der Waals surface area contributed by atoms with Crippen LogP contribution in [0.1, 0.15) is 41.7 Å². The number of rotatable bonds is 2. The molecule has 1 aliphatic carbocycles. The van der Waals surface area contributed by atoms with E-state index in [0.29, 0.717) is 5.56 Å². The Morgan fingerprint density at radius 3 is 2.94 bits per heavy atom. The third-order valence-electron chi connectivity index (χ3n) is 3.21. The van der Waals surface area contributed by atoms with Crippen molar-refractivity contribution in [3.63, 3.8) is 0 Å². The van der Waals surface area contributed by atoms with Crippen molar-refractivity contribution < 1.29 is 4.79 Å². The molecule has 5 heteroatoms. The summed E-state index contributed by atoms with van der Waals surface area (Å²) >= 11 is 0. The lowest BCUT2D eigenvalue weighted by atomic mass is 9.91. The van der Waals surface area contributed by atoms with Gasteiger partial charge in [-0.3, -0.25) is 9.89 Å². The molecule has 0 aliphatic heterocycles. The fourth-order valence-corrected chi connectivity index (χ4v) is 2.16. The van der Waals surface area contributed by atoms with Crippen molar-refractivity contribution in [2.75, 3.05) is 0 Å². The lowest BCUT2D eigenvalue weighted by Crippen LogP contribution is -2.49. The zero-order valence-electron chi connectivity index (χ0n) is 9.49. The zero-order chi connectivity index (χ0) is 11.5. The highest BCUT2D eigenvalue weighted by Crippen LogP contribution is 2.17. The Kier molecular flexibility index (Phi) is 3.24. The Morgan fingerprint density at radius 2 is 2.31 bits per heavy atom. The van der Waals surface area contributed by atoms with Crippen molar-refractivity contribution >= 4 is 5.91 Å². The van der Waals surface area contributed by atoms with E-state index in [9.17, 15) is 4.79 Å². The molecular weight excluding hydrogens is 204 g/mol. The third kappa shape index (κ3) is 2.24. The summed E-state index contributed by atoms with van der Waals surface area (Å²) in [6.07, 6.45) is 5.83. The van der Waals surface area contributed by atoms with Crippen molar-refractivity contribution in [2.45, 2.75) is 44.7 Å². The SMILES string of the molecule is Cc1[nH]ncc1C(=O)N[C@@H]1CCCC[C@H]1N. The van der Waals surface area contributed by atoms with Gasteiger partial charge < -0.3 is 11.1 Å². The minimum absolute atomic E-state index is 0.0754. The Bertz CT molecular complexity index is 374. The number of aromatic nitrogens is 2. The van der Waals surface area contributed by atoms with Gasteiger partial charge in [0.05, 0.1) is 11.8 Å². The van der Waals surface area contributed by atoms with Crippen molar-refractivity contribution in [3.05, 3.63) is 17.5 Å². The first-order valence-corrected chi connectivity index (χ1v) is 5.75. The lowest BCUT2D eigenvalue weighted by Gasteiger charge is -2.29. The van der Waals surface area contributed by atoms with Crippen LogP contribution >= 0.6 is 0 Å². The predicted molar refractivity (Wildman–Crippen MR) is 61.0 cm³/mol. The molecule has 1 saturated carbocycles. The number of carbonyl (C=O) groups excluding carboxylic acids is 1. The molecular formula is C11H18N4O. The first kappa shape index (κ1) is 11.1. The largest absolute Gasteiger partial charge is 0.348 e.